The van der Waals surface area contributed by atoms with Crippen LogP contribution < -0.4 is 0 Å². The number of hydrogen-bond acceptors (Lipinski definition) is 5. The van der Waals surface area contributed by atoms with Gasteiger partial charge >= 0.3 is 18.4 Å². The van der Waals surface area contributed by atoms with Crippen molar-refractivity contribution in [1.29, 1.82) is 0 Å². The number of ether oxygens (including phenoxy) is 1. The summed E-state index contributed by atoms with van der Waals surface area (Å²) in [5.41, 5.74) is -8.13. The molecule has 17 heteroatoms. The first-order chi connectivity index (χ1) is 24.3. The number of nitrogens with zero attached hydrogens (tertiary/aromatic N) is 2. The van der Waals surface area contributed by atoms with E-state index in [9.17, 15) is 57.5 Å². The summed E-state index contributed by atoms with van der Waals surface area (Å²) in [6.45, 7) is -0.391. The molecule has 2 aliphatic heterocycles. The van der Waals surface area contributed by atoms with Gasteiger partial charge in [-0.1, -0.05) is 37.3 Å². The molecule has 0 aromatic heterocycles. The zero-order valence-corrected chi connectivity index (χ0v) is 28.4. The number of ketones is 1. The summed E-state index contributed by atoms with van der Waals surface area (Å²) >= 11 is 0. The maximum absolute atomic E-state index is 14.6. The van der Waals surface area contributed by atoms with Crippen LogP contribution in [0.15, 0.2) is 71.6 Å². The van der Waals surface area contributed by atoms with Crippen LogP contribution in [-0.4, -0.2) is 68.6 Å². The third-order valence-electron chi connectivity index (χ3n) is 9.82. The van der Waals surface area contributed by atoms with Crippen LogP contribution in [0.25, 0.3) is 0 Å². The van der Waals surface area contributed by atoms with Crippen molar-refractivity contribution in [2.24, 2.45) is 5.92 Å². The smallest absolute Gasteiger partial charge is 0.349 e. The predicted octanol–water partition coefficient (Wildman–Crippen LogP) is 7.83. The molecule has 0 saturated carbocycles. The minimum atomic E-state index is -6.24. The van der Waals surface area contributed by atoms with Gasteiger partial charge in [-0.15, -0.1) is 0 Å². The van der Waals surface area contributed by atoms with E-state index < -0.39 is 85.2 Å². The van der Waals surface area contributed by atoms with Crippen molar-refractivity contribution in [2.45, 2.75) is 66.8 Å². The maximum Gasteiger partial charge on any atom is 0.430 e. The van der Waals surface area contributed by atoms with Crippen molar-refractivity contribution in [3.05, 3.63) is 101 Å². The fraction of sp³-hybridized carbons (Fsp3) is 0.429. The Kier molecular flexibility index (Phi) is 10.8. The average molecular weight is 765 g/mol. The normalized spacial score (nSPS) is 19.3. The van der Waals surface area contributed by atoms with Gasteiger partial charge in [-0.2, -0.15) is 26.3 Å². The Hall–Kier alpha value is -4.12. The molecule has 3 aromatic rings. The Balaban J connectivity index is 1.55. The van der Waals surface area contributed by atoms with E-state index in [1.807, 2.05) is 0 Å². The molecule has 1 atom stereocenters. The molecular weight excluding hydrogens is 731 g/mol. The number of hydrogen-bond donors (Lipinski definition) is 0. The number of alkyl halides is 6. The monoisotopic (exact) mass is 764 g/mol. The summed E-state index contributed by atoms with van der Waals surface area (Å²) in [4.78, 5) is 28.0. The molecule has 2 fully saturated rings. The summed E-state index contributed by atoms with van der Waals surface area (Å²) in [7, 11) is -4.63. The van der Waals surface area contributed by atoms with E-state index >= 15 is 0 Å². The molecule has 2 aliphatic rings. The first-order valence-corrected chi connectivity index (χ1v) is 17.7. The van der Waals surface area contributed by atoms with Gasteiger partial charge < -0.3 is 14.5 Å². The van der Waals surface area contributed by atoms with E-state index in [0.29, 0.717) is 43.5 Å². The molecule has 2 amide bonds. The number of Topliss-reactive ketones (excluding diaryl/α,β-unsaturated/α-hetero) is 1. The molecule has 0 spiro atoms. The highest BCUT2D eigenvalue weighted by molar-refractivity contribution is 7.92. The number of sulfone groups is 1. The van der Waals surface area contributed by atoms with Gasteiger partial charge in [-0.25, -0.2) is 26.4 Å². The second kappa shape index (κ2) is 14.4. The number of benzene rings is 3. The third kappa shape index (κ3) is 6.88. The fourth-order valence-corrected chi connectivity index (χ4v) is 8.95. The minimum absolute atomic E-state index is 0.0472. The lowest BCUT2D eigenvalue weighted by Gasteiger charge is -2.38. The lowest BCUT2D eigenvalue weighted by molar-refractivity contribution is -0.392. The van der Waals surface area contributed by atoms with Crippen molar-refractivity contribution in [2.75, 3.05) is 26.2 Å². The third-order valence-corrected chi connectivity index (χ3v) is 12.3. The zero-order chi connectivity index (χ0) is 38.3. The van der Waals surface area contributed by atoms with E-state index in [1.165, 1.54) is 9.80 Å². The highest BCUT2D eigenvalue weighted by Gasteiger charge is 2.73. The lowest BCUT2D eigenvalue weighted by atomic mass is 9.88. The van der Waals surface area contributed by atoms with Crippen LogP contribution in [0.5, 0.6) is 0 Å². The molecular formula is C35H33F9N2O5S. The van der Waals surface area contributed by atoms with Crippen molar-refractivity contribution in [3.8, 4) is 0 Å². The Morgan fingerprint density at radius 3 is 1.88 bits per heavy atom. The Morgan fingerprint density at radius 2 is 1.37 bits per heavy atom. The quantitative estimate of drug-likeness (QED) is 0.164. The van der Waals surface area contributed by atoms with Gasteiger partial charge in [-0.05, 0) is 61.2 Å². The van der Waals surface area contributed by atoms with Gasteiger partial charge in [0.1, 0.15) is 28.0 Å². The summed E-state index contributed by atoms with van der Waals surface area (Å²) in [6, 6.07) is 7.40. The topological polar surface area (TPSA) is 84.0 Å². The highest BCUT2D eigenvalue weighted by atomic mass is 32.2. The number of piperidine rings is 1. The van der Waals surface area contributed by atoms with Gasteiger partial charge in [0.2, 0.25) is 0 Å². The van der Waals surface area contributed by atoms with E-state index in [2.05, 4.69) is 4.74 Å². The Morgan fingerprint density at radius 1 is 0.808 bits per heavy atom. The van der Waals surface area contributed by atoms with Crippen LogP contribution in [-0.2, 0) is 36.3 Å². The van der Waals surface area contributed by atoms with Crippen LogP contribution in [0.3, 0.4) is 0 Å². The van der Waals surface area contributed by atoms with E-state index in [4.69, 9.17) is 0 Å². The summed E-state index contributed by atoms with van der Waals surface area (Å²) < 4.78 is 161. The first-order valence-electron chi connectivity index (χ1n) is 16.2. The van der Waals surface area contributed by atoms with Gasteiger partial charge in [0.15, 0.2) is 9.84 Å². The predicted molar refractivity (Wildman–Crippen MR) is 168 cm³/mol. The number of rotatable bonds is 9. The standard InChI is InChI=1S/C35H33F9N2O5S/c1-2-30(47)22-14-17-45(18-15-22)31(48)46-19-16-32(21-46,52(49,50)26-12-10-25(36)11-13-26)23-6-8-24(9-7-23)33(34(39,40)41,35(42,43)44)51-20-27-28(37)4-3-5-29(27)38/h3-13,22H,2,14-21H2,1H3/t32-/m0/s1. The number of amides is 2. The minimum Gasteiger partial charge on any atom is -0.349 e. The molecule has 2 heterocycles. The summed E-state index contributed by atoms with van der Waals surface area (Å²) in [6.07, 6.45) is -11.7. The maximum atomic E-state index is 14.6. The van der Waals surface area contributed by atoms with Gasteiger partial charge in [0.25, 0.3) is 5.60 Å². The number of likely N-dealkylation sites (tertiary alicyclic amines) is 2. The van der Waals surface area contributed by atoms with E-state index in [-0.39, 0.29) is 43.3 Å². The van der Waals surface area contributed by atoms with Gasteiger partial charge in [0, 0.05) is 49.6 Å². The number of carbonyl (C=O) groups excluding carboxylic acids is 2. The molecule has 0 radical (unpaired) electrons. The summed E-state index contributed by atoms with van der Waals surface area (Å²) in [5, 5.41) is 0. The number of carbonyl (C=O) groups is 2. The van der Waals surface area contributed by atoms with E-state index in [0.717, 1.165) is 42.5 Å². The average Bonchev–Trinajstić information content (AvgIpc) is 3.56. The van der Waals surface area contributed by atoms with Crippen molar-refractivity contribution in [1.82, 2.24) is 9.80 Å². The van der Waals surface area contributed by atoms with Crippen molar-refractivity contribution < 1.29 is 62.3 Å². The summed E-state index contributed by atoms with van der Waals surface area (Å²) in [5.74, 6) is -3.86. The molecule has 52 heavy (non-hydrogen) atoms. The molecule has 0 N–H and O–H groups in total. The Labute approximate surface area is 293 Å². The highest BCUT2D eigenvalue weighted by Crippen LogP contribution is 2.54. The second-order valence-corrected chi connectivity index (χ2v) is 15.0. The molecule has 2 saturated heterocycles. The SMILES string of the molecule is CCC(=O)C1CCN(C(=O)N2CC[C@](c3ccc(C(OCc4c(F)cccc4F)(C(F)(F)F)C(F)(F)F)cc3)(S(=O)(=O)c3ccc(F)cc3)C2)CC1. The van der Waals surface area contributed by atoms with Gasteiger partial charge in [0.05, 0.1) is 11.5 Å². The van der Waals surface area contributed by atoms with Crippen LogP contribution >= 0.6 is 0 Å². The first kappa shape index (κ1) is 39.1. The second-order valence-electron chi connectivity index (χ2n) is 12.7. The molecule has 0 aliphatic carbocycles. The molecule has 5 rings (SSSR count). The Bertz CT molecular complexity index is 1860. The molecule has 0 unspecified atom stereocenters. The number of urea groups is 1. The zero-order valence-electron chi connectivity index (χ0n) is 27.5. The lowest BCUT2D eigenvalue weighted by Crippen LogP contribution is -2.56. The van der Waals surface area contributed by atoms with Crippen LogP contribution in [0, 0.1) is 23.4 Å². The molecule has 0 bridgehead atoms. The van der Waals surface area contributed by atoms with Crippen LogP contribution in [0.1, 0.15) is 49.3 Å². The van der Waals surface area contributed by atoms with Crippen LogP contribution in [0.2, 0.25) is 0 Å². The number of halogens is 9. The fourth-order valence-electron chi connectivity index (χ4n) is 6.87. The van der Waals surface area contributed by atoms with E-state index in [1.54, 1.807) is 6.92 Å². The van der Waals surface area contributed by atoms with Crippen molar-refractivity contribution >= 4 is 21.7 Å². The molecule has 3 aromatic carbocycles. The molecule has 282 valence electrons. The van der Waals surface area contributed by atoms with Gasteiger partial charge in [-0.3, -0.25) is 4.79 Å². The van der Waals surface area contributed by atoms with Crippen LogP contribution in [0.4, 0.5) is 44.3 Å². The van der Waals surface area contributed by atoms with Crippen molar-refractivity contribution in [3.63, 3.8) is 0 Å². The molecule has 7 nitrogen and oxygen atoms in total. The largest absolute Gasteiger partial charge is 0.430 e.